The van der Waals surface area contributed by atoms with E-state index in [1.54, 1.807) is 13.8 Å². The molecule has 0 radical (unpaired) electrons. The predicted octanol–water partition coefficient (Wildman–Crippen LogP) is -0.506. The van der Waals surface area contributed by atoms with E-state index in [1.165, 1.54) is 0 Å². The lowest BCUT2D eigenvalue weighted by molar-refractivity contribution is -0.130. The van der Waals surface area contributed by atoms with Crippen LogP contribution in [0.25, 0.3) is 0 Å². The highest BCUT2D eigenvalue weighted by Crippen LogP contribution is 2.32. The number of nitrogens with two attached hydrogens (primary N) is 2. The van der Waals surface area contributed by atoms with Crippen LogP contribution in [0.4, 0.5) is 0 Å². The van der Waals surface area contributed by atoms with Gasteiger partial charge in [-0.1, -0.05) is 0 Å². The third kappa shape index (κ3) is 3.51. The molecule has 15 heavy (non-hydrogen) atoms. The van der Waals surface area contributed by atoms with E-state index in [0.29, 0.717) is 5.92 Å². The fourth-order valence-electron chi connectivity index (χ4n) is 1.37. The molecule has 1 saturated carbocycles. The minimum absolute atomic E-state index is 0.0892. The van der Waals surface area contributed by atoms with E-state index in [4.69, 9.17) is 11.5 Å². The zero-order valence-corrected chi connectivity index (χ0v) is 9.25. The Balaban J connectivity index is 2.37. The Labute approximate surface area is 89.6 Å². The number of hydrogen-bond donors (Lipinski definition) is 3. The van der Waals surface area contributed by atoms with Gasteiger partial charge in [-0.05, 0) is 32.6 Å². The second kappa shape index (κ2) is 4.18. The number of nitrogens with one attached hydrogen (secondary N) is 1. The number of amides is 2. The van der Waals surface area contributed by atoms with Gasteiger partial charge in [0, 0.05) is 12.5 Å². The summed E-state index contributed by atoms with van der Waals surface area (Å²) in [7, 11) is 0. The number of primary amides is 1. The van der Waals surface area contributed by atoms with Gasteiger partial charge in [-0.25, -0.2) is 0 Å². The summed E-state index contributed by atoms with van der Waals surface area (Å²) in [6.07, 6.45) is 2.47. The number of carbonyl (C=O) groups excluding carboxylic acids is 2. The molecular formula is C10H19N3O2. The summed E-state index contributed by atoms with van der Waals surface area (Å²) in [5.74, 6) is -0.276. The number of carbonyl (C=O) groups is 2. The Morgan fingerprint density at radius 1 is 1.47 bits per heavy atom. The van der Waals surface area contributed by atoms with Crippen molar-refractivity contribution >= 4 is 11.8 Å². The van der Waals surface area contributed by atoms with E-state index in [-0.39, 0.29) is 18.4 Å². The summed E-state index contributed by atoms with van der Waals surface area (Å²) in [5.41, 5.74) is 9.93. The third-order valence-electron chi connectivity index (χ3n) is 2.72. The molecule has 5 N–H and O–H groups in total. The quantitative estimate of drug-likeness (QED) is 0.574. The van der Waals surface area contributed by atoms with Crippen LogP contribution in [-0.4, -0.2) is 23.4 Å². The highest BCUT2D eigenvalue weighted by Gasteiger charge is 2.32. The molecule has 86 valence electrons. The molecule has 0 aromatic rings. The zero-order chi connectivity index (χ0) is 11.6. The Morgan fingerprint density at radius 3 is 2.40 bits per heavy atom. The lowest BCUT2D eigenvalue weighted by atomic mass is 10.0. The average Bonchev–Trinajstić information content (AvgIpc) is 2.83. The summed E-state index contributed by atoms with van der Waals surface area (Å²) in [4.78, 5) is 22.5. The normalized spacial score (nSPS) is 18.3. The zero-order valence-electron chi connectivity index (χ0n) is 9.25. The molecule has 1 unspecified atom stereocenters. The van der Waals surface area contributed by atoms with Gasteiger partial charge < -0.3 is 16.8 Å². The fraction of sp³-hybridized carbons (Fsp3) is 0.800. The summed E-state index contributed by atoms with van der Waals surface area (Å²) >= 11 is 0. The van der Waals surface area contributed by atoms with Gasteiger partial charge in [0.05, 0.1) is 0 Å². The molecule has 1 rings (SSSR count). The van der Waals surface area contributed by atoms with E-state index in [1.807, 2.05) is 0 Å². The molecule has 1 aliphatic carbocycles. The van der Waals surface area contributed by atoms with Crippen molar-refractivity contribution in [3.8, 4) is 0 Å². The second-order valence-corrected chi connectivity index (χ2v) is 4.74. The highest BCUT2D eigenvalue weighted by molar-refractivity contribution is 5.89. The van der Waals surface area contributed by atoms with Crippen LogP contribution in [0.1, 0.15) is 33.1 Å². The molecule has 0 spiro atoms. The van der Waals surface area contributed by atoms with E-state index in [2.05, 4.69) is 5.32 Å². The first-order chi connectivity index (χ1) is 6.83. The van der Waals surface area contributed by atoms with Gasteiger partial charge in [0.25, 0.3) is 0 Å². The average molecular weight is 213 g/mol. The van der Waals surface area contributed by atoms with Crippen molar-refractivity contribution in [3.05, 3.63) is 0 Å². The molecule has 1 aliphatic rings. The molecule has 1 atom stereocenters. The maximum atomic E-state index is 11.5. The van der Waals surface area contributed by atoms with E-state index >= 15 is 0 Å². The molecule has 0 heterocycles. The molecular weight excluding hydrogens is 194 g/mol. The van der Waals surface area contributed by atoms with Crippen LogP contribution in [0.3, 0.4) is 0 Å². The molecule has 5 nitrogen and oxygen atoms in total. The van der Waals surface area contributed by atoms with Crippen LogP contribution in [0.5, 0.6) is 0 Å². The smallest absolute Gasteiger partial charge is 0.242 e. The molecule has 1 fully saturated rings. The van der Waals surface area contributed by atoms with Crippen molar-refractivity contribution in [3.63, 3.8) is 0 Å². The van der Waals surface area contributed by atoms with Crippen molar-refractivity contribution in [1.29, 1.82) is 0 Å². The Kier molecular flexibility index (Phi) is 3.34. The molecule has 5 heteroatoms. The molecule has 0 aromatic heterocycles. The minimum Gasteiger partial charge on any atom is -0.368 e. The van der Waals surface area contributed by atoms with Gasteiger partial charge in [-0.2, -0.15) is 0 Å². The van der Waals surface area contributed by atoms with Crippen molar-refractivity contribution < 1.29 is 9.59 Å². The largest absolute Gasteiger partial charge is 0.368 e. The van der Waals surface area contributed by atoms with Crippen LogP contribution in [0.2, 0.25) is 0 Å². The van der Waals surface area contributed by atoms with E-state index in [9.17, 15) is 9.59 Å². The standard InChI is InChI=1S/C10H19N3O2/c1-10(2,9(12)15)13-8(14)5-7(11)6-3-4-6/h6-7H,3-5,11H2,1-2H3,(H2,12,15)(H,13,14). The molecule has 0 saturated heterocycles. The number of hydrogen-bond acceptors (Lipinski definition) is 3. The van der Waals surface area contributed by atoms with Crippen LogP contribution in [-0.2, 0) is 9.59 Å². The van der Waals surface area contributed by atoms with Gasteiger partial charge in [0.2, 0.25) is 11.8 Å². The second-order valence-electron chi connectivity index (χ2n) is 4.74. The van der Waals surface area contributed by atoms with Gasteiger partial charge in [-0.3, -0.25) is 9.59 Å². The molecule has 0 aromatic carbocycles. The Morgan fingerprint density at radius 2 is 2.00 bits per heavy atom. The summed E-state index contributed by atoms with van der Waals surface area (Å²) < 4.78 is 0. The summed E-state index contributed by atoms with van der Waals surface area (Å²) in [6, 6.07) is -0.0892. The lowest BCUT2D eigenvalue weighted by Crippen LogP contribution is -2.53. The maximum absolute atomic E-state index is 11.5. The molecule has 2 amide bonds. The predicted molar refractivity (Wildman–Crippen MR) is 56.7 cm³/mol. The van der Waals surface area contributed by atoms with Gasteiger partial charge >= 0.3 is 0 Å². The SMILES string of the molecule is CC(C)(NC(=O)CC(N)C1CC1)C(N)=O. The Bertz CT molecular complexity index is 272. The third-order valence-corrected chi connectivity index (χ3v) is 2.72. The van der Waals surface area contributed by atoms with Crippen molar-refractivity contribution in [2.45, 2.75) is 44.7 Å². The lowest BCUT2D eigenvalue weighted by Gasteiger charge is -2.23. The minimum atomic E-state index is -1.000. The van der Waals surface area contributed by atoms with Crippen molar-refractivity contribution in [1.82, 2.24) is 5.32 Å². The van der Waals surface area contributed by atoms with Gasteiger partial charge in [-0.15, -0.1) is 0 Å². The van der Waals surface area contributed by atoms with Crippen LogP contribution >= 0.6 is 0 Å². The summed E-state index contributed by atoms with van der Waals surface area (Å²) in [6.45, 7) is 3.16. The monoisotopic (exact) mass is 213 g/mol. The van der Waals surface area contributed by atoms with E-state index < -0.39 is 11.4 Å². The van der Waals surface area contributed by atoms with Crippen LogP contribution in [0, 0.1) is 5.92 Å². The maximum Gasteiger partial charge on any atom is 0.242 e. The first-order valence-corrected chi connectivity index (χ1v) is 5.19. The first kappa shape index (κ1) is 12.0. The van der Waals surface area contributed by atoms with Crippen LogP contribution in [0.15, 0.2) is 0 Å². The Hall–Kier alpha value is -1.10. The van der Waals surface area contributed by atoms with Gasteiger partial charge in [0.1, 0.15) is 5.54 Å². The fourth-order valence-corrected chi connectivity index (χ4v) is 1.37. The van der Waals surface area contributed by atoms with Crippen molar-refractivity contribution in [2.75, 3.05) is 0 Å². The highest BCUT2D eigenvalue weighted by atomic mass is 16.2. The molecule has 0 aliphatic heterocycles. The van der Waals surface area contributed by atoms with Gasteiger partial charge in [0.15, 0.2) is 0 Å². The van der Waals surface area contributed by atoms with Crippen LogP contribution < -0.4 is 16.8 Å². The number of rotatable bonds is 5. The summed E-state index contributed by atoms with van der Waals surface area (Å²) in [5, 5.41) is 2.58. The van der Waals surface area contributed by atoms with E-state index in [0.717, 1.165) is 12.8 Å². The topological polar surface area (TPSA) is 98.2 Å². The molecule has 0 bridgehead atoms. The van der Waals surface area contributed by atoms with Crippen molar-refractivity contribution in [2.24, 2.45) is 17.4 Å². The first-order valence-electron chi connectivity index (χ1n) is 5.19.